The van der Waals surface area contributed by atoms with Gasteiger partial charge in [-0.15, -0.1) is 22.7 Å². The summed E-state index contributed by atoms with van der Waals surface area (Å²) in [5.74, 6) is -2.12. The van der Waals surface area contributed by atoms with Gasteiger partial charge in [0, 0.05) is 22.5 Å². The summed E-state index contributed by atoms with van der Waals surface area (Å²) in [6.07, 6.45) is 1.79. The highest BCUT2D eigenvalue weighted by molar-refractivity contribution is 7.14. The summed E-state index contributed by atoms with van der Waals surface area (Å²) in [5.41, 5.74) is 2.30. The summed E-state index contributed by atoms with van der Waals surface area (Å²) in [6, 6.07) is 9.12. The fraction of sp³-hybridized carbons (Fsp3) is 0.0526. The molecule has 0 aliphatic rings. The maximum atomic E-state index is 13.4. The largest absolute Gasteiger partial charge is 0.302 e. The summed E-state index contributed by atoms with van der Waals surface area (Å²) >= 11 is 2.63. The van der Waals surface area contributed by atoms with Crippen LogP contribution < -0.4 is 5.32 Å². The third-order valence-corrected chi connectivity index (χ3v) is 5.41. The van der Waals surface area contributed by atoms with E-state index in [1.165, 1.54) is 28.7 Å². The Morgan fingerprint density at radius 2 is 1.89 bits per heavy atom. The molecule has 5 nitrogen and oxygen atoms in total. The van der Waals surface area contributed by atoms with Crippen LogP contribution in [0.2, 0.25) is 0 Å². The molecule has 9 heteroatoms. The molecule has 0 saturated heterocycles. The standard InChI is InChI=1S/C19H12F2N4OS2/c20-13-5-4-11(7-14(13)21)16-10-28-19(24-16)25-17(26)8-12-9-27-18(23-12)15-3-1-2-6-22-15/h1-7,9-10H,8H2,(H,24,25,26). The zero-order chi connectivity index (χ0) is 19.5. The Morgan fingerprint density at radius 1 is 1.00 bits per heavy atom. The maximum absolute atomic E-state index is 13.4. The number of carbonyl (C=O) groups excluding carboxylic acids is 1. The van der Waals surface area contributed by atoms with Crippen LogP contribution in [-0.2, 0) is 11.2 Å². The van der Waals surface area contributed by atoms with E-state index in [4.69, 9.17) is 0 Å². The minimum absolute atomic E-state index is 0.101. The number of nitrogens with zero attached hydrogens (tertiary/aromatic N) is 3. The van der Waals surface area contributed by atoms with Crippen LogP contribution in [0.1, 0.15) is 5.69 Å². The Hall–Kier alpha value is -3.04. The van der Waals surface area contributed by atoms with Crippen molar-refractivity contribution in [1.82, 2.24) is 15.0 Å². The van der Waals surface area contributed by atoms with Gasteiger partial charge in [-0.1, -0.05) is 6.07 Å². The van der Waals surface area contributed by atoms with Crippen LogP contribution in [0.25, 0.3) is 22.0 Å². The van der Waals surface area contributed by atoms with Gasteiger partial charge in [-0.05, 0) is 30.3 Å². The van der Waals surface area contributed by atoms with E-state index < -0.39 is 11.6 Å². The quantitative estimate of drug-likeness (QED) is 0.510. The SMILES string of the molecule is O=C(Cc1csc(-c2ccccn2)n1)Nc1nc(-c2ccc(F)c(F)c2)cs1. The molecule has 0 spiro atoms. The minimum Gasteiger partial charge on any atom is -0.302 e. The Morgan fingerprint density at radius 3 is 2.68 bits per heavy atom. The lowest BCUT2D eigenvalue weighted by Crippen LogP contribution is -2.14. The van der Waals surface area contributed by atoms with Gasteiger partial charge in [0.05, 0.1) is 23.5 Å². The Balaban J connectivity index is 1.41. The van der Waals surface area contributed by atoms with Crippen LogP contribution in [0, 0.1) is 11.6 Å². The predicted molar refractivity (Wildman–Crippen MR) is 105 cm³/mol. The molecule has 1 aromatic carbocycles. The lowest BCUT2D eigenvalue weighted by atomic mass is 10.2. The van der Waals surface area contributed by atoms with Crippen LogP contribution in [0.3, 0.4) is 0 Å². The first-order valence-electron chi connectivity index (χ1n) is 8.15. The Bertz CT molecular complexity index is 1130. The van der Waals surface area contributed by atoms with Crippen LogP contribution in [0.5, 0.6) is 0 Å². The second-order valence-electron chi connectivity index (χ2n) is 5.75. The van der Waals surface area contributed by atoms with Crippen molar-refractivity contribution in [3.8, 4) is 22.0 Å². The van der Waals surface area contributed by atoms with Crippen molar-refractivity contribution in [2.45, 2.75) is 6.42 Å². The smallest absolute Gasteiger partial charge is 0.232 e. The number of nitrogens with one attached hydrogen (secondary N) is 1. The number of hydrogen-bond donors (Lipinski definition) is 1. The summed E-state index contributed by atoms with van der Waals surface area (Å²) in [7, 11) is 0. The average Bonchev–Trinajstić information content (AvgIpc) is 3.34. The van der Waals surface area contributed by atoms with Gasteiger partial charge < -0.3 is 5.32 Å². The summed E-state index contributed by atoms with van der Waals surface area (Å²) in [6.45, 7) is 0. The first-order chi connectivity index (χ1) is 13.6. The number of hydrogen-bond acceptors (Lipinski definition) is 6. The second-order valence-corrected chi connectivity index (χ2v) is 7.47. The number of benzene rings is 1. The van der Waals surface area contributed by atoms with Crippen molar-refractivity contribution in [3.63, 3.8) is 0 Å². The van der Waals surface area contributed by atoms with E-state index in [2.05, 4.69) is 20.3 Å². The molecule has 0 bridgehead atoms. The van der Waals surface area contributed by atoms with E-state index >= 15 is 0 Å². The number of rotatable bonds is 5. The molecular weight excluding hydrogens is 402 g/mol. The number of halogens is 2. The summed E-state index contributed by atoms with van der Waals surface area (Å²) in [4.78, 5) is 25.2. The molecule has 140 valence electrons. The lowest BCUT2D eigenvalue weighted by Gasteiger charge is -2.00. The molecule has 4 aromatic rings. The molecule has 0 aliphatic carbocycles. The predicted octanol–water partition coefficient (Wildman–Crippen LogP) is 4.79. The molecule has 3 aromatic heterocycles. The van der Waals surface area contributed by atoms with Crippen molar-refractivity contribution >= 4 is 33.7 Å². The van der Waals surface area contributed by atoms with Crippen molar-refractivity contribution in [2.24, 2.45) is 0 Å². The number of thiazole rings is 2. The van der Waals surface area contributed by atoms with Gasteiger partial charge in [-0.25, -0.2) is 18.7 Å². The number of anilines is 1. The molecule has 0 saturated carbocycles. The molecule has 0 fully saturated rings. The van der Waals surface area contributed by atoms with Crippen molar-refractivity contribution < 1.29 is 13.6 Å². The Kier molecular flexibility index (Phi) is 5.18. The highest BCUT2D eigenvalue weighted by Gasteiger charge is 2.13. The molecule has 1 amide bonds. The molecule has 3 heterocycles. The van der Waals surface area contributed by atoms with E-state index in [-0.39, 0.29) is 12.3 Å². The molecule has 0 aliphatic heterocycles. The molecule has 28 heavy (non-hydrogen) atoms. The third kappa shape index (κ3) is 4.10. The van der Waals surface area contributed by atoms with E-state index in [1.54, 1.807) is 11.6 Å². The van der Waals surface area contributed by atoms with Gasteiger partial charge in [0.1, 0.15) is 5.01 Å². The normalized spacial score (nSPS) is 10.8. The first-order valence-corrected chi connectivity index (χ1v) is 9.91. The maximum Gasteiger partial charge on any atom is 0.232 e. The van der Waals surface area contributed by atoms with Gasteiger partial charge in [0.25, 0.3) is 0 Å². The average molecular weight is 414 g/mol. The van der Waals surface area contributed by atoms with Crippen LogP contribution >= 0.6 is 22.7 Å². The highest BCUT2D eigenvalue weighted by atomic mass is 32.1. The van der Waals surface area contributed by atoms with Gasteiger partial charge in [-0.2, -0.15) is 0 Å². The number of carbonyl (C=O) groups is 1. The minimum atomic E-state index is -0.941. The van der Waals surface area contributed by atoms with Gasteiger partial charge >= 0.3 is 0 Å². The van der Waals surface area contributed by atoms with Gasteiger partial charge in [-0.3, -0.25) is 9.78 Å². The third-order valence-electron chi connectivity index (χ3n) is 3.74. The monoisotopic (exact) mass is 414 g/mol. The molecule has 0 unspecified atom stereocenters. The topological polar surface area (TPSA) is 67.8 Å². The zero-order valence-corrected chi connectivity index (χ0v) is 15.9. The number of aromatic nitrogens is 3. The second kappa shape index (κ2) is 7.91. The Labute approximate surface area is 166 Å². The van der Waals surface area contributed by atoms with E-state index in [0.29, 0.717) is 22.1 Å². The molecular formula is C19H12F2N4OS2. The van der Waals surface area contributed by atoms with E-state index in [0.717, 1.165) is 22.8 Å². The summed E-state index contributed by atoms with van der Waals surface area (Å²) < 4.78 is 26.4. The number of pyridine rings is 1. The number of amides is 1. The fourth-order valence-corrected chi connectivity index (χ4v) is 3.97. The molecule has 0 atom stereocenters. The lowest BCUT2D eigenvalue weighted by molar-refractivity contribution is -0.115. The van der Waals surface area contributed by atoms with Crippen LogP contribution in [-0.4, -0.2) is 20.9 Å². The zero-order valence-electron chi connectivity index (χ0n) is 14.2. The fourth-order valence-electron chi connectivity index (χ4n) is 2.44. The van der Waals surface area contributed by atoms with Crippen LogP contribution in [0.15, 0.2) is 53.4 Å². The molecule has 1 N–H and O–H groups in total. The van der Waals surface area contributed by atoms with Gasteiger partial charge in [0.2, 0.25) is 5.91 Å². The van der Waals surface area contributed by atoms with Crippen molar-refractivity contribution in [3.05, 3.63) is 70.7 Å². The molecule has 0 radical (unpaired) electrons. The van der Waals surface area contributed by atoms with Crippen molar-refractivity contribution in [1.29, 1.82) is 0 Å². The van der Waals surface area contributed by atoms with Gasteiger partial charge in [0.15, 0.2) is 16.8 Å². The highest BCUT2D eigenvalue weighted by Crippen LogP contribution is 2.26. The first kappa shape index (κ1) is 18.3. The molecule has 4 rings (SSSR count). The van der Waals surface area contributed by atoms with Crippen molar-refractivity contribution in [2.75, 3.05) is 5.32 Å². The summed E-state index contributed by atoms with van der Waals surface area (Å²) in [5, 5.41) is 7.32. The van der Waals surface area contributed by atoms with E-state index in [9.17, 15) is 13.6 Å². The van der Waals surface area contributed by atoms with E-state index in [1.807, 2.05) is 23.6 Å². The van der Waals surface area contributed by atoms with Crippen LogP contribution in [0.4, 0.5) is 13.9 Å².